The van der Waals surface area contributed by atoms with Crippen LogP contribution in [-0.2, 0) is 0 Å². The molecule has 0 radical (unpaired) electrons. The van der Waals surface area contributed by atoms with Gasteiger partial charge < -0.3 is 20.1 Å². The summed E-state index contributed by atoms with van der Waals surface area (Å²) in [5.41, 5.74) is 1.05. The van der Waals surface area contributed by atoms with Gasteiger partial charge >= 0.3 is 6.03 Å². The molecule has 0 bridgehead atoms. The van der Waals surface area contributed by atoms with Crippen LogP contribution in [0.3, 0.4) is 0 Å². The van der Waals surface area contributed by atoms with Crippen molar-refractivity contribution in [2.24, 2.45) is 5.92 Å². The molecule has 5 heteroatoms. The van der Waals surface area contributed by atoms with Crippen LogP contribution in [0.4, 0.5) is 4.79 Å². The third kappa shape index (κ3) is 2.58. The van der Waals surface area contributed by atoms with Crippen molar-refractivity contribution in [2.45, 2.75) is 18.9 Å². The van der Waals surface area contributed by atoms with Gasteiger partial charge in [-0.3, -0.25) is 0 Å². The van der Waals surface area contributed by atoms with Gasteiger partial charge in [-0.05, 0) is 12.5 Å². The summed E-state index contributed by atoms with van der Waals surface area (Å²) in [5, 5.41) is 12.2. The first-order valence-electron chi connectivity index (χ1n) is 7.16. The van der Waals surface area contributed by atoms with Gasteiger partial charge in [0.25, 0.3) is 0 Å². The molecule has 0 spiro atoms. The second-order valence-corrected chi connectivity index (χ2v) is 5.46. The van der Waals surface area contributed by atoms with Crippen LogP contribution < -0.4 is 10.1 Å². The van der Waals surface area contributed by atoms with Crippen molar-refractivity contribution in [3.8, 4) is 5.75 Å². The molecule has 2 atom stereocenters. The maximum Gasteiger partial charge on any atom is 0.317 e. The summed E-state index contributed by atoms with van der Waals surface area (Å²) >= 11 is 0. The normalized spacial score (nSPS) is 24.9. The molecular formula is C15H20N2O3. The van der Waals surface area contributed by atoms with Gasteiger partial charge in [-0.15, -0.1) is 0 Å². The summed E-state index contributed by atoms with van der Waals surface area (Å²) < 4.78 is 5.60. The van der Waals surface area contributed by atoms with Crippen molar-refractivity contribution in [3.63, 3.8) is 0 Å². The van der Waals surface area contributed by atoms with E-state index in [-0.39, 0.29) is 24.6 Å². The molecular weight excluding hydrogens is 256 g/mol. The fourth-order valence-electron chi connectivity index (χ4n) is 2.90. The Morgan fingerprint density at radius 1 is 1.40 bits per heavy atom. The van der Waals surface area contributed by atoms with Gasteiger partial charge in [0.1, 0.15) is 5.75 Å². The lowest BCUT2D eigenvalue weighted by Crippen LogP contribution is -2.41. The molecule has 1 aromatic carbocycles. The highest BCUT2D eigenvalue weighted by molar-refractivity contribution is 5.75. The Bertz CT molecular complexity index is 492. The van der Waals surface area contributed by atoms with Gasteiger partial charge in [0.15, 0.2) is 0 Å². The zero-order valence-electron chi connectivity index (χ0n) is 11.4. The molecule has 1 saturated heterocycles. The van der Waals surface area contributed by atoms with Gasteiger partial charge in [0, 0.05) is 37.6 Å². The number of hydrogen-bond donors (Lipinski definition) is 2. The number of rotatable bonds is 2. The minimum Gasteiger partial charge on any atom is -0.493 e. The van der Waals surface area contributed by atoms with E-state index in [9.17, 15) is 4.79 Å². The maximum atomic E-state index is 12.3. The highest BCUT2D eigenvalue weighted by atomic mass is 16.5. The van der Waals surface area contributed by atoms with Crippen molar-refractivity contribution in [3.05, 3.63) is 29.8 Å². The number of benzene rings is 1. The Labute approximate surface area is 118 Å². The Kier molecular flexibility index (Phi) is 3.78. The molecule has 2 unspecified atom stereocenters. The molecule has 0 aliphatic carbocycles. The molecule has 2 aliphatic heterocycles. The average molecular weight is 276 g/mol. The molecule has 108 valence electrons. The Morgan fingerprint density at radius 2 is 2.25 bits per heavy atom. The summed E-state index contributed by atoms with van der Waals surface area (Å²) in [7, 11) is 0. The van der Waals surface area contributed by atoms with Crippen LogP contribution >= 0.6 is 0 Å². The predicted molar refractivity (Wildman–Crippen MR) is 74.6 cm³/mol. The zero-order chi connectivity index (χ0) is 13.9. The number of hydrogen-bond acceptors (Lipinski definition) is 3. The lowest BCUT2D eigenvalue weighted by molar-refractivity contribution is 0.188. The summed E-state index contributed by atoms with van der Waals surface area (Å²) in [4.78, 5) is 14.1. The van der Waals surface area contributed by atoms with Crippen molar-refractivity contribution in [2.75, 3.05) is 26.3 Å². The fraction of sp³-hybridized carbons (Fsp3) is 0.533. The summed E-state index contributed by atoms with van der Waals surface area (Å²) in [6.07, 6.45) is 1.67. The molecule has 0 saturated carbocycles. The number of carbonyl (C=O) groups excluding carboxylic acids is 1. The van der Waals surface area contributed by atoms with Gasteiger partial charge in [0.2, 0.25) is 0 Å². The van der Waals surface area contributed by atoms with Crippen LogP contribution in [0.2, 0.25) is 0 Å². The molecule has 2 N–H and O–H groups in total. The number of para-hydroxylation sites is 1. The monoisotopic (exact) mass is 276 g/mol. The minimum absolute atomic E-state index is 0.0145. The molecule has 0 aromatic heterocycles. The van der Waals surface area contributed by atoms with Gasteiger partial charge in [-0.25, -0.2) is 4.79 Å². The van der Waals surface area contributed by atoms with Crippen molar-refractivity contribution in [1.82, 2.24) is 10.2 Å². The number of urea groups is 1. The van der Waals surface area contributed by atoms with Gasteiger partial charge in [-0.1, -0.05) is 18.2 Å². The van der Waals surface area contributed by atoms with E-state index in [2.05, 4.69) is 5.32 Å². The van der Waals surface area contributed by atoms with E-state index in [1.54, 1.807) is 4.90 Å². The number of amides is 2. The summed E-state index contributed by atoms with van der Waals surface area (Å²) in [6.45, 7) is 2.15. The van der Waals surface area contributed by atoms with E-state index in [1.807, 2.05) is 24.3 Å². The number of aliphatic hydroxyl groups excluding tert-OH is 1. The Morgan fingerprint density at radius 3 is 3.05 bits per heavy atom. The van der Waals surface area contributed by atoms with Crippen LogP contribution in [0, 0.1) is 5.92 Å². The van der Waals surface area contributed by atoms with E-state index in [0.717, 1.165) is 30.7 Å². The Balaban J connectivity index is 1.65. The zero-order valence-corrected chi connectivity index (χ0v) is 11.4. The van der Waals surface area contributed by atoms with Gasteiger partial charge in [-0.2, -0.15) is 0 Å². The van der Waals surface area contributed by atoms with Crippen LogP contribution in [0.1, 0.15) is 24.4 Å². The molecule has 3 rings (SSSR count). The average Bonchev–Trinajstić information content (AvgIpc) is 2.97. The summed E-state index contributed by atoms with van der Waals surface area (Å²) in [5.74, 6) is 1.08. The molecule has 1 aromatic rings. The summed E-state index contributed by atoms with van der Waals surface area (Å²) in [6, 6.07) is 7.81. The van der Waals surface area contributed by atoms with Crippen LogP contribution in [0.5, 0.6) is 5.75 Å². The number of fused-ring (bicyclic) bond motifs is 1. The van der Waals surface area contributed by atoms with E-state index in [4.69, 9.17) is 9.84 Å². The van der Waals surface area contributed by atoms with E-state index in [0.29, 0.717) is 13.2 Å². The van der Waals surface area contributed by atoms with Crippen LogP contribution in [0.25, 0.3) is 0 Å². The Hall–Kier alpha value is -1.75. The second kappa shape index (κ2) is 5.71. The topological polar surface area (TPSA) is 61.8 Å². The van der Waals surface area contributed by atoms with Crippen LogP contribution in [-0.4, -0.2) is 42.3 Å². The van der Waals surface area contributed by atoms with E-state index >= 15 is 0 Å². The molecule has 2 aliphatic rings. The largest absolute Gasteiger partial charge is 0.493 e. The lowest BCUT2D eigenvalue weighted by Gasteiger charge is -2.28. The highest BCUT2D eigenvalue weighted by Gasteiger charge is 2.29. The predicted octanol–water partition coefficient (Wildman–Crippen LogP) is 1.53. The minimum atomic E-state index is -0.0392. The lowest BCUT2D eigenvalue weighted by atomic mass is 10.0. The number of likely N-dealkylation sites (tertiary alicyclic amines) is 1. The smallest absolute Gasteiger partial charge is 0.317 e. The van der Waals surface area contributed by atoms with Crippen LogP contribution in [0.15, 0.2) is 24.3 Å². The first-order chi connectivity index (χ1) is 9.78. The van der Waals surface area contributed by atoms with E-state index in [1.165, 1.54) is 0 Å². The first kappa shape index (κ1) is 13.2. The van der Waals surface area contributed by atoms with Crippen molar-refractivity contribution >= 4 is 6.03 Å². The molecule has 1 fully saturated rings. The van der Waals surface area contributed by atoms with Crippen molar-refractivity contribution in [1.29, 1.82) is 0 Å². The molecule has 2 heterocycles. The standard InChI is InChI=1S/C15H20N2O3/c18-10-11-5-7-17(9-11)15(19)16-13-6-8-20-14-4-2-1-3-12(13)14/h1-4,11,13,18H,5-10H2,(H,16,19). The third-order valence-electron chi connectivity index (χ3n) is 4.09. The quantitative estimate of drug-likeness (QED) is 0.861. The highest BCUT2D eigenvalue weighted by Crippen LogP contribution is 2.31. The fourth-order valence-corrected chi connectivity index (χ4v) is 2.90. The molecule has 5 nitrogen and oxygen atoms in total. The van der Waals surface area contributed by atoms with E-state index < -0.39 is 0 Å². The number of nitrogens with one attached hydrogen (secondary N) is 1. The number of aliphatic hydroxyl groups is 1. The maximum absolute atomic E-state index is 12.3. The number of ether oxygens (including phenoxy) is 1. The van der Waals surface area contributed by atoms with Gasteiger partial charge in [0.05, 0.1) is 12.6 Å². The second-order valence-electron chi connectivity index (χ2n) is 5.46. The SMILES string of the molecule is O=C(NC1CCOc2ccccc21)N1CCC(CO)C1. The molecule has 20 heavy (non-hydrogen) atoms. The third-order valence-corrected chi connectivity index (χ3v) is 4.09. The molecule has 2 amide bonds. The number of nitrogens with zero attached hydrogens (tertiary/aromatic N) is 1. The first-order valence-corrected chi connectivity index (χ1v) is 7.16. The number of carbonyl (C=O) groups is 1. The van der Waals surface area contributed by atoms with Crippen molar-refractivity contribution < 1.29 is 14.6 Å².